The highest BCUT2D eigenvalue weighted by atomic mass is 16.3. The Balaban J connectivity index is 0.000000141. The van der Waals surface area contributed by atoms with Crippen LogP contribution in [0.2, 0.25) is 0 Å². The zero-order valence-corrected chi connectivity index (χ0v) is 50.1. The molecular formula is C88H60O4. The van der Waals surface area contributed by atoms with Crippen LogP contribution in [0.5, 0.6) is 0 Å². The molecule has 14 aromatic rings. The highest BCUT2D eigenvalue weighted by Crippen LogP contribution is 2.56. The van der Waals surface area contributed by atoms with Crippen molar-refractivity contribution in [2.24, 2.45) is 0 Å². The summed E-state index contributed by atoms with van der Waals surface area (Å²) in [4.78, 5) is 0. The summed E-state index contributed by atoms with van der Waals surface area (Å²) in [5.41, 5.74) is 22.6. The SMILES string of the molecule is OC1(c2cccc(-c3cccc(-c4cccc(C5(O)c6ccccc6-c6ccccc65)c4)c3)c2)c2ccccc2-c2ccccc21.OC1(c2cccc(-c3cccc(-c4cccc(C5(O)c6ccccc6-c6ccccc65)c4)c3)c2)c2ccccc2-c2ccccc21. The van der Waals surface area contributed by atoms with Crippen molar-refractivity contribution >= 4 is 0 Å². The Kier molecular flexibility index (Phi) is 12.7. The van der Waals surface area contributed by atoms with Crippen LogP contribution >= 0.6 is 0 Å². The van der Waals surface area contributed by atoms with Gasteiger partial charge in [-0.25, -0.2) is 0 Å². The molecular weight excluding hydrogens is 1120 g/mol. The van der Waals surface area contributed by atoms with Crippen LogP contribution in [-0.4, -0.2) is 20.4 Å². The van der Waals surface area contributed by atoms with Crippen molar-refractivity contribution < 1.29 is 20.4 Å². The van der Waals surface area contributed by atoms with Gasteiger partial charge in [0, 0.05) is 44.5 Å². The van der Waals surface area contributed by atoms with Gasteiger partial charge in [-0.15, -0.1) is 0 Å². The van der Waals surface area contributed by atoms with Gasteiger partial charge in [0.2, 0.25) is 0 Å². The second-order valence-electron chi connectivity index (χ2n) is 24.7. The van der Waals surface area contributed by atoms with E-state index >= 15 is 0 Å². The largest absolute Gasteiger partial charge is 0.376 e. The van der Waals surface area contributed by atoms with E-state index < -0.39 is 22.4 Å². The fourth-order valence-corrected chi connectivity index (χ4v) is 15.5. The summed E-state index contributed by atoms with van der Waals surface area (Å²) >= 11 is 0. The van der Waals surface area contributed by atoms with Crippen molar-refractivity contribution in [3.63, 3.8) is 0 Å². The lowest BCUT2D eigenvalue weighted by molar-refractivity contribution is 0.130. The zero-order chi connectivity index (χ0) is 61.8. The fraction of sp³-hybridized carbons (Fsp3) is 0.0455. The van der Waals surface area contributed by atoms with E-state index in [0.717, 1.165) is 156 Å². The predicted octanol–water partition coefficient (Wildman–Crippen LogP) is 19.1. The average molecular weight is 1180 g/mol. The molecule has 0 amide bonds. The van der Waals surface area contributed by atoms with E-state index in [1.807, 2.05) is 194 Å². The van der Waals surface area contributed by atoms with E-state index in [4.69, 9.17) is 0 Å². The standard InChI is InChI=1S/2C44H30O2/c2*45-43(39-22-5-1-18-35(39)36-19-2-6-23-40(36)43)33-16-10-14-31(27-33)29-12-9-13-30(26-29)32-15-11-17-34(28-32)44(46)41-24-7-3-20-37(41)38-21-4-8-25-42(38)44/h2*1-28,45-46H. The molecule has 4 nitrogen and oxygen atoms in total. The molecule has 0 bridgehead atoms. The third-order valence-electron chi connectivity index (χ3n) is 19.9. The lowest BCUT2D eigenvalue weighted by Crippen LogP contribution is -2.26. The Morgan fingerprint density at radius 3 is 0.457 bits per heavy atom. The first-order valence-corrected chi connectivity index (χ1v) is 31.4. The molecule has 4 heteroatoms. The van der Waals surface area contributed by atoms with E-state index in [1.165, 1.54) is 0 Å². The van der Waals surface area contributed by atoms with E-state index in [9.17, 15) is 20.4 Å². The molecule has 4 N–H and O–H groups in total. The quantitative estimate of drug-likeness (QED) is 0.122. The van der Waals surface area contributed by atoms with Crippen molar-refractivity contribution in [1.82, 2.24) is 0 Å². The Bertz CT molecular complexity index is 4450. The highest BCUT2D eigenvalue weighted by molar-refractivity contribution is 5.88. The molecule has 18 rings (SSSR count). The van der Waals surface area contributed by atoms with E-state index in [1.54, 1.807) is 0 Å². The molecule has 14 aromatic carbocycles. The molecule has 0 aliphatic heterocycles. The average Bonchev–Trinajstić information content (AvgIpc) is 1.60. The number of fused-ring (bicyclic) bond motifs is 12. The maximum atomic E-state index is 12.4. The molecule has 0 fully saturated rings. The van der Waals surface area contributed by atoms with Crippen molar-refractivity contribution in [2.45, 2.75) is 22.4 Å². The van der Waals surface area contributed by atoms with Gasteiger partial charge in [0.15, 0.2) is 0 Å². The maximum absolute atomic E-state index is 12.4. The molecule has 4 aliphatic rings. The van der Waals surface area contributed by atoms with Crippen LogP contribution < -0.4 is 0 Å². The minimum absolute atomic E-state index is 0.843. The molecule has 4 aliphatic carbocycles. The van der Waals surface area contributed by atoms with Crippen LogP contribution in [0.3, 0.4) is 0 Å². The minimum atomic E-state index is -1.24. The first-order chi connectivity index (χ1) is 45.1. The third kappa shape index (κ3) is 8.26. The summed E-state index contributed by atoms with van der Waals surface area (Å²) in [5.74, 6) is 0. The van der Waals surface area contributed by atoms with Crippen molar-refractivity contribution in [3.8, 4) is 89.0 Å². The normalized spacial score (nSPS) is 14.7. The number of benzene rings is 14. The van der Waals surface area contributed by atoms with E-state index in [0.29, 0.717) is 0 Å². The third-order valence-corrected chi connectivity index (χ3v) is 19.9. The van der Waals surface area contributed by atoms with Crippen molar-refractivity contribution in [3.05, 3.63) is 406 Å². The summed E-state index contributed by atoms with van der Waals surface area (Å²) in [6.07, 6.45) is 0. The van der Waals surface area contributed by atoms with Crippen LogP contribution in [0.4, 0.5) is 0 Å². The topological polar surface area (TPSA) is 80.9 Å². The summed E-state index contributed by atoms with van der Waals surface area (Å²) in [5, 5.41) is 49.8. The number of hydrogen-bond acceptors (Lipinski definition) is 4. The lowest BCUT2D eigenvalue weighted by atomic mass is 9.82. The second-order valence-corrected chi connectivity index (χ2v) is 24.7. The summed E-state index contributed by atoms with van der Waals surface area (Å²) in [7, 11) is 0. The smallest absolute Gasteiger partial charge is 0.141 e. The van der Waals surface area contributed by atoms with Gasteiger partial charge in [0.25, 0.3) is 0 Å². The Labute approximate surface area is 535 Å². The molecule has 0 radical (unpaired) electrons. The molecule has 0 aromatic heterocycles. The van der Waals surface area contributed by atoms with Gasteiger partial charge in [-0.3, -0.25) is 0 Å². The molecule has 0 atom stereocenters. The summed E-state index contributed by atoms with van der Waals surface area (Å²) < 4.78 is 0. The zero-order valence-electron chi connectivity index (χ0n) is 50.1. The van der Waals surface area contributed by atoms with Gasteiger partial charge < -0.3 is 20.4 Å². The molecule has 0 unspecified atom stereocenters. The van der Waals surface area contributed by atoms with E-state index in [-0.39, 0.29) is 0 Å². The van der Waals surface area contributed by atoms with Gasteiger partial charge in [-0.05, 0) is 148 Å². The molecule has 0 spiro atoms. The maximum Gasteiger partial charge on any atom is 0.141 e. The van der Waals surface area contributed by atoms with Crippen LogP contribution in [0.25, 0.3) is 89.0 Å². The number of rotatable bonds is 8. The van der Waals surface area contributed by atoms with Crippen molar-refractivity contribution in [2.75, 3.05) is 0 Å². The summed E-state index contributed by atoms with van der Waals surface area (Å²) in [6.45, 7) is 0. The van der Waals surface area contributed by atoms with Crippen LogP contribution in [0, 0.1) is 0 Å². The second kappa shape index (κ2) is 21.3. The fourth-order valence-electron chi connectivity index (χ4n) is 15.5. The van der Waals surface area contributed by atoms with Crippen molar-refractivity contribution in [1.29, 1.82) is 0 Å². The number of aliphatic hydroxyl groups is 4. The summed E-state index contributed by atoms with van der Waals surface area (Å²) in [6, 6.07) is 115. The van der Waals surface area contributed by atoms with Crippen LogP contribution in [0.1, 0.15) is 66.8 Å². The van der Waals surface area contributed by atoms with Gasteiger partial charge in [-0.2, -0.15) is 0 Å². The molecule has 0 heterocycles. The molecule has 0 saturated carbocycles. The highest BCUT2D eigenvalue weighted by Gasteiger charge is 2.47. The van der Waals surface area contributed by atoms with Crippen LogP contribution in [0.15, 0.2) is 340 Å². The van der Waals surface area contributed by atoms with Gasteiger partial charge in [0.05, 0.1) is 0 Å². The van der Waals surface area contributed by atoms with Gasteiger partial charge in [-0.1, -0.05) is 303 Å². The molecule has 436 valence electrons. The minimum Gasteiger partial charge on any atom is -0.376 e. The Morgan fingerprint density at radius 1 is 0.141 bits per heavy atom. The van der Waals surface area contributed by atoms with E-state index in [2.05, 4.69) is 146 Å². The predicted molar refractivity (Wildman–Crippen MR) is 371 cm³/mol. The molecule has 92 heavy (non-hydrogen) atoms. The monoisotopic (exact) mass is 1180 g/mol. The Morgan fingerprint density at radius 2 is 0.283 bits per heavy atom. The first kappa shape index (κ1) is 55.0. The molecule has 0 saturated heterocycles. The van der Waals surface area contributed by atoms with Gasteiger partial charge >= 0.3 is 0 Å². The Hall–Kier alpha value is -11.1. The number of hydrogen-bond donors (Lipinski definition) is 4. The van der Waals surface area contributed by atoms with Gasteiger partial charge in [0.1, 0.15) is 22.4 Å². The lowest BCUT2D eigenvalue weighted by Gasteiger charge is -2.27. The van der Waals surface area contributed by atoms with Crippen LogP contribution in [-0.2, 0) is 22.4 Å². The first-order valence-electron chi connectivity index (χ1n) is 31.4.